The number of nitrogens with one attached hydrogen (secondary N) is 1. The molecule has 15 heavy (non-hydrogen) atoms. The van der Waals surface area contributed by atoms with Crippen LogP contribution in [0.4, 0.5) is 0 Å². The molecular weight excluding hydrogens is 216 g/mol. The van der Waals surface area contributed by atoms with E-state index in [1.807, 2.05) is 18.2 Å². The van der Waals surface area contributed by atoms with Gasteiger partial charge in [-0.05, 0) is 11.6 Å². The zero-order valence-electron chi connectivity index (χ0n) is 8.74. The molecule has 1 aromatic rings. The van der Waals surface area contributed by atoms with Crippen molar-refractivity contribution >= 4 is 11.6 Å². The van der Waals surface area contributed by atoms with Gasteiger partial charge in [-0.15, -0.1) is 0 Å². The van der Waals surface area contributed by atoms with Gasteiger partial charge in [0.2, 0.25) is 0 Å². The van der Waals surface area contributed by atoms with Crippen LogP contribution in [0, 0.1) is 0 Å². The van der Waals surface area contributed by atoms with Gasteiger partial charge in [0.1, 0.15) is 0 Å². The number of hydrogen-bond acceptors (Lipinski definition) is 4. The topological polar surface area (TPSA) is 56.5 Å². The molecule has 1 aromatic carbocycles. The van der Waals surface area contributed by atoms with Crippen molar-refractivity contribution in [2.45, 2.75) is 12.3 Å². The molecule has 0 radical (unpaired) electrons. The maximum absolute atomic E-state index is 6.05. The van der Waals surface area contributed by atoms with Gasteiger partial charge in [0.15, 0.2) is 6.29 Å². The number of ether oxygens (including phenoxy) is 2. The van der Waals surface area contributed by atoms with Crippen molar-refractivity contribution in [2.75, 3.05) is 14.2 Å². The molecule has 1 rings (SSSR count). The van der Waals surface area contributed by atoms with Gasteiger partial charge in [-0.25, -0.2) is 5.43 Å². The maximum Gasteiger partial charge on any atom is 0.177 e. The summed E-state index contributed by atoms with van der Waals surface area (Å²) in [6, 6.07) is 7.11. The van der Waals surface area contributed by atoms with Crippen molar-refractivity contribution in [3.8, 4) is 0 Å². The normalized spacial score (nSPS) is 13.1. The van der Waals surface area contributed by atoms with Crippen LogP contribution in [0.15, 0.2) is 24.3 Å². The SMILES string of the molecule is COC(OC)C(NN)c1ccccc1Cl. The van der Waals surface area contributed by atoms with Gasteiger partial charge >= 0.3 is 0 Å². The smallest absolute Gasteiger partial charge is 0.177 e. The van der Waals surface area contributed by atoms with Crippen LogP contribution in [0.5, 0.6) is 0 Å². The minimum absolute atomic E-state index is 0.298. The number of nitrogens with two attached hydrogens (primary N) is 1. The fraction of sp³-hybridized carbons (Fsp3) is 0.400. The summed E-state index contributed by atoms with van der Waals surface area (Å²) in [7, 11) is 3.10. The molecule has 0 aromatic heterocycles. The summed E-state index contributed by atoms with van der Waals surface area (Å²) in [4.78, 5) is 0. The lowest BCUT2D eigenvalue weighted by Crippen LogP contribution is -2.38. The van der Waals surface area contributed by atoms with E-state index in [1.54, 1.807) is 20.3 Å². The third-order valence-electron chi connectivity index (χ3n) is 2.16. The quantitative estimate of drug-likeness (QED) is 0.457. The first-order valence-electron chi connectivity index (χ1n) is 4.50. The molecule has 0 aliphatic carbocycles. The van der Waals surface area contributed by atoms with Crippen molar-refractivity contribution < 1.29 is 9.47 Å². The Kier molecular flexibility index (Phi) is 5.01. The molecule has 0 spiro atoms. The van der Waals surface area contributed by atoms with Crippen LogP contribution in [0.25, 0.3) is 0 Å². The minimum atomic E-state index is -0.477. The van der Waals surface area contributed by atoms with E-state index >= 15 is 0 Å². The first-order valence-corrected chi connectivity index (χ1v) is 4.88. The summed E-state index contributed by atoms with van der Waals surface area (Å²) < 4.78 is 10.3. The molecule has 5 heteroatoms. The molecule has 0 aliphatic heterocycles. The van der Waals surface area contributed by atoms with Crippen LogP contribution in [-0.4, -0.2) is 20.5 Å². The van der Waals surface area contributed by atoms with E-state index in [2.05, 4.69) is 5.43 Å². The van der Waals surface area contributed by atoms with Gasteiger partial charge in [-0.3, -0.25) is 5.84 Å². The van der Waals surface area contributed by atoms with E-state index in [9.17, 15) is 0 Å². The lowest BCUT2D eigenvalue weighted by Gasteiger charge is -2.24. The van der Waals surface area contributed by atoms with Crippen molar-refractivity contribution in [2.24, 2.45) is 5.84 Å². The zero-order valence-corrected chi connectivity index (χ0v) is 9.49. The third-order valence-corrected chi connectivity index (χ3v) is 2.50. The Hall–Kier alpha value is -0.650. The van der Waals surface area contributed by atoms with Crippen molar-refractivity contribution in [1.82, 2.24) is 5.43 Å². The van der Waals surface area contributed by atoms with E-state index in [0.29, 0.717) is 5.02 Å². The van der Waals surface area contributed by atoms with E-state index in [1.165, 1.54) is 0 Å². The van der Waals surface area contributed by atoms with Gasteiger partial charge in [0.25, 0.3) is 0 Å². The van der Waals surface area contributed by atoms with Crippen LogP contribution in [0.3, 0.4) is 0 Å². The first-order chi connectivity index (χ1) is 7.24. The van der Waals surface area contributed by atoms with Gasteiger partial charge in [0, 0.05) is 19.2 Å². The molecule has 0 amide bonds. The Morgan fingerprint density at radius 1 is 1.27 bits per heavy atom. The summed E-state index contributed by atoms with van der Waals surface area (Å²) in [5, 5.41) is 0.625. The average molecular weight is 231 g/mol. The zero-order chi connectivity index (χ0) is 11.3. The van der Waals surface area contributed by atoms with Crippen molar-refractivity contribution in [1.29, 1.82) is 0 Å². The number of hydrogen-bond donors (Lipinski definition) is 2. The second kappa shape index (κ2) is 6.05. The molecule has 4 nitrogen and oxygen atoms in total. The van der Waals surface area contributed by atoms with Gasteiger partial charge < -0.3 is 9.47 Å². The second-order valence-electron chi connectivity index (χ2n) is 3.01. The number of rotatable bonds is 5. The number of hydrazine groups is 1. The van der Waals surface area contributed by atoms with Gasteiger partial charge in [-0.1, -0.05) is 29.8 Å². The van der Waals surface area contributed by atoms with Gasteiger partial charge in [-0.2, -0.15) is 0 Å². The number of benzene rings is 1. The predicted molar refractivity (Wildman–Crippen MR) is 59.3 cm³/mol. The maximum atomic E-state index is 6.05. The summed E-state index contributed by atoms with van der Waals surface area (Å²) in [6.07, 6.45) is -0.477. The molecule has 3 N–H and O–H groups in total. The van der Waals surface area contributed by atoms with E-state index in [4.69, 9.17) is 26.9 Å². The fourth-order valence-electron chi connectivity index (χ4n) is 1.41. The highest BCUT2D eigenvalue weighted by molar-refractivity contribution is 6.31. The lowest BCUT2D eigenvalue weighted by atomic mass is 10.1. The second-order valence-corrected chi connectivity index (χ2v) is 3.41. The minimum Gasteiger partial charge on any atom is -0.354 e. The molecule has 0 bridgehead atoms. The fourth-order valence-corrected chi connectivity index (χ4v) is 1.66. The number of methoxy groups -OCH3 is 2. The predicted octanol–water partition coefficient (Wildman–Crippen LogP) is 1.46. The Bertz CT molecular complexity index is 305. The molecule has 0 saturated heterocycles. The van der Waals surface area contributed by atoms with E-state index < -0.39 is 6.29 Å². The van der Waals surface area contributed by atoms with E-state index in [0.717, 1.165) is 5.56 Å². The molecular formula is C10H15ClN2O2. The lowest BCUT2D eigenvalue weighted by molar-refractivity contribution is -0.124. The number of halogens is 1. The van der Waals surface area contributed by atoms with Crippen LogP contribution < -0.4 is 11.3 Å². The molecule has 0 heterocycles. The van der Waals surface area contributed by atoms with Crippen LogP contribution in [0.2, 0.25) is 5.02 Å². The van der Waals surface area contributed by atoms with Crippen LogP contribution in [-0.2, 0) is 9.47 Å². The molecule has 0 fully saturated rings. The largest absolute Gasteiger partial charge is 0.354 e. The van der Waals surface area contributed by atoms with Crippen LogP contribution >= 0.6 is 11.6 Å². The molecule has 1 unspecified atom stereocenters. The Labute approximate surface area is 94.3 Å². The third kappa shape index (κ3) is 2.90. The highest BCUT2D eigenvalue weighted by Crippen LogP contribution is 2.25. The average Bonchev–Trinajstić information content (AvgIpc) is 2.27. The first kappa shape index (κ1) is 12.4. The Balaban J connectivity index is 2.96. The van der Waals surface area contributed by atoms with Crippen LogP contribution in [0.1, 0.15) is 11.6 Å². The highest BCUT2D eigenvalue weighted by atomic mass is 35.5. The Morgan fingerprint density at radius 2 is 1.87 bits per heavy atom. The Morgan fingerprint density at radius 3 is 2.33 bits per heavy atom. The molecule has 84 valence electrons. The van der Waals surface area contributed by atoms with Crippen molar-refractivity contribution in [3.63, 3.8) is 0 Å². The highest BCUT2D eigenvalue weighted by Gasteiger charge is 2.23. The standard InChI is InChI=1S/C10H15ClN2O2/c1-14-10(15-2)9(13-12)7-5-3-4-6-8(7)11/h3-6,9-10,13H,12H2,1-2H3. The summed E-state index contributed by atoms with van der Waals surface area (Å²) in [6.45, 7) is 0. The summed E-state index contributed by atoms with van der Waals surface area (Å²) >= 11 is 6.05. The van der Waals surface area contributed by atoms with Crippen molar-refractivity contribution in [3.05, 3.63) is 34.9 Å². The monoisotopic (exact) mass is 230 g/mol. The van der Waals surface area contributed by atoms with E-state index in [-0.39, 0.29) is 6.04 Å². The molecule has 0 saturated carbocycles. The van der Waals surface area contributed by atoms with Gasteiger partial charge in [0.05, 0.1) is 6.04 Å². The summed E-state index contributed by atoms with van der Waals surface area (Å²) in [5.74, 6) is 5.46. The molecule has 0 aliphatic rings. The summed E-state index contributed by atoms with van der Waals surface area (Å²) in [5.41, 5.74) is 3.47. The molecule has 1 atom stereocenters.